The van der Waals surface area contributed by atoms with Crippen LogP contribution in [0.4, 0.5) is 0 Å². The van der Waals surface area contributed by atoms with E-state index in [1.807, 2.05) is 0 Å². The Morgan fingerprint density at radius 3 is 2.65 bits per heavy atom. The third kappa shape index (κ3) is 3.40. The summed E-state index contributed by atoms with van der Waals surface area (Å²) in [5, 5.41) is 12.3. The summed E-state index contributed by atoms with van der Waals surface area (Å²) >= 11 is 5.85. The van der Waals surface area contributed by atoms with Gasteiger partial charge in [0.15, 0.2) is 11.8 Å². The van der Waals surface area contributed by atoms with Gasteiger partial charge >= 0.3 is 5.97 Å². The molecule has 0 spiro atoms. The summed E-state index contributed by atoms with van der Waals surface area (Å²) in [4.78, 5) is 12.1. The molecular formula is C15H13ClN4O3. The Balaban J connectivity index is 1.72. The average molecular weight is 333 g/mol. The highest BCUT2D eigenvalue weighted by Crippen LogP contribution is 2.18. The molecule has 0 aliphatic carbocycles. The van der Waals surface area contributed by atoms with Gasteiger partial charge in [-0.1, -0.05) is 11.6 Å². The Bertz CT molecular complexity index is 825. The van der Waals surface area contributed by atoms with Crippen LogP contribution in [0, 0.1) is 6.92 Å². The van der Waals surface area contributed by atoms with Crippen LogP contribution in [-0.2, 0) is 4.74 Å². The molecule has 118 valence electrons. The fraction of sp³-hybridized carbons (Fsp3) is 0.200. The Hall–Kier alpha value is -2.67. The minimum atomic E-state index is -0.649. The highest BCUT2D eigenvalue weighted by Gasteiger charge is 2.20. The second-order valence-corrected chi connectivity index (χ2v) is 5.27. The smallest absolute Gasteiger partial charge is 0.359 e. The number of halogens is 1. The highest BCUT2D eigenvalue weighted by atomic mass is 35.5. The first kappa shape index (κ1) is 15.2. The van der Waals surface area contributed by atoms with Gasteiger partial charge in [-0.15, -0.1) is 10.2 Å². The molecule has 0 aliphatic rings. The van der Waals surface area contributed by atoms with Gasteiger partial charge < -0.3 is 9.15 Å². The summed E-state index contributed by atoms with van der Waals surface area (Å²) in [6.07, 6.45) is 1.02. The van der Waals surface area contributed by atoms with Crippen LogP contribution in [0.15, 0.2) is 40.9 Å². The first-order valence-electron chi connectivity index (χ1n) is 6.85. The predicted octanol–water partition coefficient (Wildman–Crippen LogP) is 3.14. The number of nitrogens with zero attached hydrogens (tertiary/aromatic N) is 4. The van der Waals surface area contributed by atoms with E-state index >= 15 is 0 Å². The van der Waals surface area contributed by atoms with Gasteiger partial charge in [-0.2, -0.15) is 5.10 Å². The molecule has 0 bridgehead atoms. The SMILES string of the molecule is Cc1nnc([C@@H](C)OC(=O)c2ccn(-c3ccc(Cl)cc3)n2)o1. The van der Waals surface area contributed by atoms with Crippen molar-refractivity contribution in [2.24, 2.45) is 0 Å². The Labute approximate surface area is 136 Å². The van der Waals surface area contributed by atoms with E-state index in [1.165, 1.54) is 0 Å². The van der Waals surface area contributed by atoms with E-state index in [2.05, 4.69) is 15.3 Å². The number of aryl methyl sites for hydroxylation is 1. The number of hydrogen-bond donors (Lipinski definition) is 0. The molecular weight excluding hydrogens is 320 g/mol. The van der Waals surface area contributed by atoms with Crippen LogP contribution in [0.1, 0.15) is 35.3 Å². The topological polar surface area (TPSA) is 83.0 Å². The van der Waals surface area contributed by atoms with E-state index < -0.39 is 12.1 Å². The molecule has 3 rings (SSSR count). The summed E-state index contributed by atoms with van der Waals surface area (Å²) < 4.78 is 12.1. The molecule has 0 fully saturated rings. The number of esters is 1. The van der Waals surface area contributed by atoms with Crippen molar-refractivity contribution in [1.29, 1.82) is 0 Å². The molecule has 0 unspecified atom stereocenters. The first-order valence-corrected chi connectivity index (χ1v) is 7.23. The normalized spacial score (nSPS) is 12.1. The van der Waals surface area contributed by atoms with Gasteiger partial charge in [-0.05, 0) is 37.3 Å². The van der Waals surface area contributed by atoms with Crippen molar-refractivity contribution in [3.8, 4) is 5.69 Å². The molecule has 1 aromatic carbocycles. The van der Waals surface area contributed by atoms with Crippen molar-refractivity contribution in [1.82, 2.24) is 20.0 Å². The average Bonchev–Trinajstić information content (AvgIpc) is 3.17. The highest BCUT2D eigenvalue weighted by molar-refractivity contribution is 6.30. The van der Waals surface area contributed by atoms with Gasteiger partial charge in [0, 0.05) is 18.1 Å². The minimum absolute atomic E-state index is 0.183. The first-order chi connectivity index (χ1) is 11.0. The van der Waals surface area contributed by atoms with Crippen LogP contribution in [0.2, 0.25) is 5.02 Å². The maximum atomic E-state index is 12.1. The van der Waals surface area contributed by atoms with Crippen molar-refractivity contribution < 1.29 is 13.9 Å². The van der Waals surface area contributed by atoms with Gasteiger partial charge in [0.25, 0.3) is 5.89 Å². The zero-order valence-corrected chi connectivity index (χ0v) is 13.2. The summed E-state index contributed by atoms with van der Waals surface area (Å²) in [6.45, 7) is 3.32. The summed E-state index contributed by atoms with van der Waals surface area (Å²) in [6, 6.07) is 8.67. The number of hydrogen-bond acceptors (Lipinski definition) is 6. The summed E-state index contributed by atoms with van der Waals surface area (Å²) in [7, 11) is 0. The van der Waals surface area contributed by atoms with E-state index in [-0.39, 0.29) is 11.6 Å². The Morgan fingerprint density at radius 1 is 1.26 bits per heavy atom. The van der Waals surface area contributed by atoms with Gasteiger partial charge in [-0.25, -0.2) is 9.48 Å². The maximum Gasteiger partial charge on any atom is 0.359 e. The zero-order chi connectivity index (χ0) is 16.4. The number of rotatable bonds is 4. The standard InChI is InChI=1S/C15H13ClN4O3/c1-9(14-18-17-10(2)23-14)22-15(21)13-7-8-20(19-13)12-5-3-11(16)4-6-12/h3-9H,1-2H3/t9-/m1/s1. The van der Waals surface area contributed by atoms with Crippen LogP contribution in [-0.4, -0.2) is 25.9 Å². The fourth-order valence-electron chi connectivity index (χ4n) is 1.92. The van der Waals surface area contributed by atoms with Gasteiger partial charge in [0.05, 0.1) is 5.69 Å². The summed E-state index contributed by atoms with van der Waals surface area (Å²) in [5.74, 6) is 0.0870. The lowest BCUT2D eigenvalue weighted by atomic mass is 10.3. The van der Waals surface area contributed by atoms with Gasteiger partial charge in [-0.3, -0.25) is 0 Å². The monoisotopic (exact) mass is 332 g/mol. The van der Waals surface area contributed by atoms with Crippen molar-refractivity contribution in [2.45, 2.75) is 20.0 Å². The molecule has 2 aromatic heterocycles. The summed E-state index contributed by atoms with van der Waals surface area (Å²) in [5.41, 5.74) is 0.970. The molecule has 1 atom stereocenters. The zero-order valence-electron chi connectivity index (χ0n) is 12.4. The van der Waals surface area contributed by atoms with E-state index in [0.717, 1.165) is 5.69 Å². The third-order valence-corrected chi connectivity index (χ3v) is 3.31. The lowest BCUT2D eigenvalue weighted by molar-refractivity contribution is 0.0269. The van der Waals surface area contributed by atoms with Crippen LogP contribution >= 0.6 is 11.6 Å². The molecule has 23 heavy (non-hydrogen) atoms. The molecule has 3 aromatic rings. The molecule has 2 heterocycles. The van der Waals surface area contributed by atoms with E-state index in [1.54, 1.807) is 55.1 Å². The molecule has 0 saturated carbocycles. The molecule has 8 heteroatoms. The van der Waals surface area contributed by atoms with E-state index in [4.69, 9.17) is 20.8 Å². The largest absolute Gasteiger partial charge is 0.448 e. The molecule has 0 amide bonds. The van der Waals surface area contributed by atoms with Crippen molar-refractivity contribution in [3.05, 3.63) is 59.0 Å². The van der Waals surface area contributed by atoms with E-state index in [9.17, 15) is 4.79 Å². The second kappa shape index (κ2) is 6.21. The van der Waals surface area contributed by atoms with Crippen molar-refractivity contribution in [2.75, 3.05) is 0 Å². The Kier molecular flexibility index (Phi) is 4.12. The van der Waals surface area contributed by atoms with Crippen molar-refractivity contribution >= 4 is 17.6 Å². The van der Waals surface area contributed by atoms with Crippen LogP contribution in [0.5, 0.6) is 0 Å². The van der Waals surface area contributed by atoms with E-state index in [0.29, 0.717) is 10.9 Å². The molecule has 0 radical (unpaired) electrons. The minimum Gasteiger partial charge on any atom is -0.448 e. The van der Waals surface area contributed by atoms with Crippen LogP contribution < -0.4 is 0 Å². The number of carbonyl (C=O) groups excluding carboxylic acids is 1. The lowest BCUT2D eigenvalue weighted by Gasteiger charge is -2.07. The van der Waals surface area contributed by atoms with Crippen LogP contribution in [0.3, 0.4) is 0 Å². The maximum absolute atomic E-state index is 12.1. The number of carbonyl (C=O) groups is 1. The number of benzene rings is 1. The Morgan fingerprint density at radius 2 is 2.00 bits per heavy atom. The fourth-order valence-corrected chi connectivity index (χ4v) is 2.04. The number of aromatic nitrogens is 4. The number of ether oxygens (including phenoxy) is 1. The predicted molar refractivity (Wildman–Crippen MR) is 81.4 cm³/mol. The quantitative estimate of drug-likeness (QED) is 0.682. The molecule has 0 saturated heterocycles. The molecule has 7 nitrogen and oxygen atoms in total. The third-order valence-electron chi connectivity index (χ3n) is 3.06. The molecule has 0 N–H and O–H groups in total. The molecule has 0 aliphatic heterocycles. The van der Waals surface area contributed by atoms with Gasteiger partial charge in [0.2, 0.25) is 5.89 Å². The second-order valence-electron chi connectivity index (χ2n) is 4.83. The van der Waals surface area contributed by atoms with Crippen molar-refractivity contribution in [3.63, 3.8) is 0 Å². The van der Waals surface area contributed by atoms with Gasteiger partial charge in [0.1, 0.15) is 0 Å². The lowest BCUT2D eigenvalue weighted by Crippen LogP contribution is -2.11. The van der Waals surface area contributed by atoms with Crippen LogP contribution in [0.25, 0.3) is 5.69 Å².